The molecule has 10 heteroatoms. The van der Waals surface area contributed by atoms with Crippen LogP contribution < -0.4 is 9.44 Å². The van der Waals surface area contributed by atoms with Crippen LogP contribution in [0, 0.1) is 0 Å². The van der Waals surface area contributed by atoms with Crippen LogP contribution in [-0.2, 0) is 24.9 Å². The molecule has 8 nitrogen and oxygen atoms in total. The van der Waals surface area contributed by atoms with Crippen molar-refractivity contribution in [3.05, 3.63) is 47.5 Å². The second-order valence-corrected chi connectivity index (χ2v) is 13.4. The number of oxime groups is 1. The number of rotatable bonds is 7. The molecule has 0 unspecified atom stereocenters. The van der Waals surface area contributed by atoms with Crippen LogP contribution in [0.4, 0.5) is 0 Å². The standard InChI is InChI=1S/C26H33N3O5S2/c1-34-27-26-24-16-20(35(30,31)28-18-8-4-2-5-9-18)12-14-22(24)23-15-13-21(17-25(23)26)36(32,33)29-19-10-6-3-7-11-19/h12-19,28-29H,2-11H2,1H3. The Bertz CT molecular complexity index is 1270. The molecular formula is C26H33N3O5S2. The van der Waals surface area contributed by atoms with Gasteiger partial charge in [-0.3, -0.25) is 0 Å². The van der Waals surface area contributed by atoms with Crippen LogP contribution in [0.3, 0.4) is 0 Å². The quantitative estimate of drug-likeness (QED) is 0.442. The van der Waals surface area contributed by atoms with E-state index in [1.165, 1.54) is 7.11 Å². The molecule has 3 aliphatic rings. The molecule has 0 saturated heterocycles. The van der Waals surface area contributed by atoms with Crippen molar-refractivity contribution in [1.82, 2.24) is 9.44 Å². The smallest absolute Gasteiger partial charge is 0.240 e. The average molecular weight is 532 g/mol. The Labute approximate surface area is 213 Å². The van der Waals surface area contributed by atoms with Gasteiger partial charge in [0.05, 0.1) is 9.79 Å². The van der Waals surface area contributed by atoms with Crippen molar-refractivity contribution in [2.24, 2.45) is 5.16 Å². The Morgan fingerprint density at radius 3 is 1.47 bits per heavy atom. The highest BCUT2D eigenvalue weighted by Gasteiger charge is 2.31. The van der Waals surface area contributed by atoms with Gasteiger partial charge < -0.3 is 4.84 Å². The molecule has 5 rings (SSSR count). The van der Waals surface area contributed by atoms with E-state index in [1.54, 1.807) is 36.4 Å². The monoisotopic (exact) mass is 531 g/mol. The summed E-state index contributed by atoms with van der Waals surface area (Å²) in [6, 6.07) is 9.82. The number of hydrogen-bond donors (Lipinski definition) is 2. The molecule has 194 valence electrons. The van der Waals surface area contributed by atoms with Gasteiger partial charge in [0.2, 0.25) is 20.0 Å². The summed E-state index contributed by atoms with van der Waals surface area (Å²) in [6.45, 7) is 0. The largest absolute Gasteiger partial charge is 0.399 e. The lowest BCUT2D eigenvalue weighted by molar-refractivity contribution is 0.214. The minimum atomic E-state index is -3.71. The maximum absolute atomic E-state index is 13.1. The van der Waals surface area contributed by atoms with E-state index in [0.29, 0.717) is 16.8 Å². The molecule has 0 amide bonds. The van der Waals surface area contributed by atoms with Gasteiger partial charge in [0.25, 0.3) is 0 Å². The van der Waals surface area contributed by atoms with E-state index >= 15 is 0 Å². The average Bonchev–Trinajstić information content (AvgIpc) is 3.17. The number of nitrogens with one attached hydrogen (secondary N) is 2. The fourth-order valence-electron chi connectivity index (χ4n) is 5.59. The van der Waals surface area contributed by atoms with Crippen LogP contribution in [0.15, 0.2) is 51.3 Å². The Kier molecular flexibility index (Phi) is 7.22. The first kappa shape index (κ1) is 25.4. The summed E-state index contributed by atoms with van der Waals surface area (Å²) in [4.78, 5) is 5.42. The SMILES string of the molecule is CON=C1c2cc(S(=O)(=O)NC3CCCCC3)ccc2-c2ccc(S(=O)(=O)NC3CCCCC3)cc21. The predicted octanol–water partition coefficient (Wildman–Crippen LogP) is 4.29. The summed E-state index contributed by atoms with van der Waals surface area (Å²) in [7, 11) is -6.00. The first-order valence-electron chi connectivity index (χ1n) is 12.7. The number of nitrogens with zero attached hydrogens (tertiary/aromatic N) is 1. The van der Waals surface area contributed by atoms with Crippen molar-refractivity contribution in [2.45, 2.75) is 86.1 Å². The van der Waals surface area contributed by atoms with Gasteiger partial charge in [-0.15, -0.1) is 0 Å². The van der Waals surface area contributed by atoms with E-state index in [0.717, 1.165) is 75.3 Å². The van der Waals surface area contributed by atoms with Crippen molar-refractivity contribution in [1.29, 1.82) is 0 Å². The van der Waals surface area contributed by atoms with Crippen LogP contribution in [0.1, 0.15) is 75.3 Å². The van der Waals surface area contributed by atoms with Crippen LogP contribution in [0.25, 0.3) is 11.1 Å². The number of hydrogen-bond acceptors (Lipinski definition) is 6. The van der Waals surface area contributed by atoms with Gasteiger partial charge in [-0.1, -0.05) is 55.8 Å². The Morgan fingerprint density at radius 1 is 0.667 bits per heavy atom. The van der Waals surface area contributed by atoms with Gasteiger partial charge >= 0.3 is 0 Å². The maximum atomic E-state index is 13.1. The molecule has 0 bridgehead atoms. The van der Waals surface area contributed by atoms with E-state index in [9.17, 15) is 16.8 Å². The third-order valence-corrected chi connectivity index (χ3v) is 10.5. The van der Waals surface area contributed by atoms with Crippen molar-refractivity contribution >= 4 is 25.8 Å². The van der Waals surface area contributed by atoms with Gasteiger partial charge in [0.1, 0.15) is 12.8 Å². The van der Waals surface area contributed by atoms with E-state index in [-0.39, 0.29) is 21.9 Å². The molecule has 2 N–H and O–H groups in total. The molecular weight excluding hydrogens is 498 g/mol. The normalized spacial score (nSPS) is 19.1. The van der Waals surface area contributed by atoms with Crippen LogP contribution in [0.5, 0.6) is 0 Å². The molecule has 2 saturated carbocycles. The number of benzene rings is 2. The summed E-state index contributed by atoms with van der Waals surface area (Å²) in [6.07, 6.45) is 9.76. The summed E-state index contributed by atoms with van der Waals surface area (Å²) >= 11 is 0. The molecule has 0 radical (unpaired) electrons. The minimum Gasteiger partial charge on any atom is -0.399 e. The summed E-state index contributed by atoms with van der Waals surface area (Å²) < 4.78 is 58.3. The highest BCUT2D eigenvalue weighted by atomic mass is 32.2. The highest BCUT2D eigenvalue weighted by Crippen LogP contribution is 2.39. The zero-order chi connectivity index (χ0) is 25.3. The number of sulfonamides is 2. The molecule has 3 aliphatic carbocycles. The van der Waals surface area contributed by atoms with Crippen LogP contribution >= 0.6 is 0 Å². The van der Waals surface area contributed by atoms with Crippen molar-refractivity contribution < 1.29 is 21.7 Å². The topological polar surface area (TPSA) is 114 Å². The van der Waals surface area contributed by atoms with Crippen LogP contribution in [-0.4, -0.2) is 41.7 Å². The molecule has 0 aliphatic heterocycles. The zero-order valence-electron chi connectivity index (χ0n) is 20.5. The summed E-state index contributed by atoms with van der Waals surface area (Å²) in [5.74, 6) is 0. The van der Waals surface area contributed by atoms with Gasteiger partial charge in [-0.2, -0.15) is 0 Å². The van der Waals surface area contributed by atoms with Gasteiger partial charge in [0, 0.05) is 23.2 Å². The molecule has 2 fully saturated rings. The third-order valence-electron chi connectivity index (χ3n) is 7.44. The summed E-state index contributed by atoms with van der Waals surface area (Å²) in [5.41, 5.74) is 3.22. The summed E-state index contributed by atoms with van der Waals surface area (Å²) in [5, 5.41) is 4.17. The first-order valence-corrected chi connectivity index (χ1v) is 15.7. The molecule has 0 heterocycles. The van der Waals surface area contributed by atoms with Crippen molar-refractivity contribution in [3.8, 4) is 11.1 Å². The highest BCUT2D eigenvalue weighted by molar-refractivity contribution is 7.89. The van der Waals surface area contributed by atoms with E-state index in [4.69, 9.17) is 4.84 Å². The minimum absolute atomic E-state index is 0.0502. The van der Waals surface area contributed by atoms with Crippen molar-refractivity contribution in [2.75, 3.05) is 7.11 Å². The lowest BCUT2D eigenvalue weighted by Gasteiger charge is -2.22. The predicted molar refractivity (Wildman–Crippen MR) is 139 cm³/mol. The Balaban J connectivity index is 1.47. The maximum Gasteiger partial charge on any atom is 0.240 e. The van der Waals surface area contributed by atoms with Gasteiger partial charge in [-0.05, 0) is 61.1 Å². The molecule has 0 aromatic heterocycles. The number of fused-ring (bicyclic) bond motifs is 3. The fraction of sp³-hybridized carbons (Fsp3) is 0.500. The van der Waals surface area contributed by atoms with E-state index in [2.05, 4.69) is 14.6 Å². The van der Waals surface area contributed by atoms with Gasteiger partial charge in [0.15, 0.2) is 0 Å². The lowest BCUT2D eigenvalue weighted by atomic mass is 9.96. The van der Waals surface area contributed by atoms with Crippen molar-refractivity contribution in [3.63, 3.8) is 0 Å². The zero-order valence-corrected chi connectivity index (χ0v) is 22.1. The second kappa shape index (κ2) is 10.2. The van der Waals surface area contributed by atoms with E-state index < -0.39 is 20.0 Å². The molecule has 0 spiro atoms. The molecule has 36 heavy (non-hydrogen) atoms. The Hall–Kier alpha value is -2.27. The molecule has 2 aromatic carbocycles. The van der Waals surface area contributed by atoms with Crippen LogP contribution in [0.2, 0.25) is 0 Å². The lowest BCUT2D eigenvalue weighted by Crippen LogP contribution is -2.36. The fourth-order valence-corrected chi connectivity index (χ4v) is 8.25. The van der Waals surface area contributed by atoms with E-state index in [1.807, 2.05) is 0 Å². The van der Waals surface area contributed by atoms with Gasteiger partial charge in [-0.25, -0.2) is 26.3 Å². The molecule has 0 atom stereocenters. The third kappa shape index (κ3) is 5.09. The Morgan fingerprint density at radius 2 is 1.08 bits per heavy atom. The second-order valence-electron chi connectivity index (χ2n) is 9.95. The molecule has 2 aromatic rings. The first-order chi connectivity index (χ1) is 17.3.